The van der Waals surface area contributed by atoms with Crippen LogP contribution >= 0.6 is 43.6 Å². The molecule has 0 saturated carbocycles. The SMILES string of the molecule is CCCC[IH]c1ccc(C(C)(C)C)c([I-][B]I)c1. The molecule has 1 aromatic rings. The van der Waals surface area contributed by atoms with Gasteiger partial charge in [-0.3, -0.25) is 0 Å². The summed E-state index contributed by atoms with van der Waals surface area (Å²) in [5.41, 5.74) is 1.85. The van der Waals surface area contributed by atoms with Crippen LogP contribution in [0.5, 0.6) is 0 Å². The van der Waals surface area contributed by atoms with E-state index in [0.717, 1.165) is 0 Å². The van der Waals surface area contributed by atoms with Crippen molar-refractivity contribution in [3.05, 3.63) is 30.9 Å². The summed E-state index contributed by atoms with van der Waals surface area (Å²) >= 11 is 2.57. The van der Waals surface area contributed by atoms with E-state index in [1.807, 2.05) is 0 Å². The van der Waals surface area contributed by atoms with Gasteiger partial charge in [-0.25, -0.2) is 0 Å². The third kappa shape index (κ3) is 5.85. The molecule has 1 radical (unpaired) electrons. The summed E-state index contributed by atoms with van der Waals surface area (Å²) in [5, 5.41) is 0. The fraction of sp³-hybridized carbons (Fsp3) is 0.571. The second-order valence-corrected chi connectivity index (χ2v) is 14.0. The van der Waals surface area contributed by atoms with Crippen LogP contribution in [0.2, 0.25) is 0 Å². The van der Waals surface area contributed by atoms with Crippen molar-refractivity contribution < 1.29 is 21.0 Å². The number of benzene rings is 1. The summed E-state index contributed by atoms with van der Waals surface area (Å²) in [6.07, 6.45) is 2.75. The van der Waals surface area contributed by atoms with E-state index in [9.17, 15) is 0 Å². The van der Waals surface area contributed by atoms with Crippen molar-refractivity contribution in [1.29, 1.82) is 0 Å². The Morgan fingerprint density at radius 1 is 1.33 bits per heavy atom. The molecule has 1 aromatic carbocycles. The Bertz CT molecular complexity index is 372. The fourth-order valence-electron chi connectivity index (χ4n) is 1.66. The van der Waals surface area contributed by atoms with E-state index in [1.165, 1.54) is 17.3 Å². The molecule has 0 aromatic heterocycles. The molecule has 0 spiro atoms. The Morgan fingerprint density at radius 3 is 2.61 bits per heavy atom. The van der Waals surface area contributed by atoms with Crippen molar-refractivity contribution >= 4 is 46.6 Å². The van der Waals surface area contributed by atoms with Gasteiger partial charge < -0.3 is 0 Å². The Kier molecular flexibility index (Phi) is 8.46. The van der Waals surface area contributed by atoms with Gasteiger partial charge in [0, 0.05) is 0 Å². The van der Waals surface area contributed by atoms with Gasteiger partial charge in [0.05, 0.1) is 0 Å². The van der Waals surface area contributed by atoms with Gasteiger partial charge in [0.25, 0.3) is 0 Å². The minimum absolute atomic E-state index is 0.0617. The Balaban J connectivity index is 2.89. The van der Waals surface area contributed by atoms with Crippen LogP contribution in [0, 0.1) is 7.14 Å². The van der Waals surface area contributed by atoms with Gasteiger partial charge in [0.15, 0.2) is 0 Å². The fourth-order valence-corrected chi connectivity index (χ4v) is 9.07. The van der Waals surface area contributed by atoms with Crippen molar-refractivity contribution in [1.82, 2.24) is 0 Å². The number of hydrogen-bond donors (Lipinski definition) is 0. The molecule has 0 unspecified atom stereocenters. The molecule has 103 valence electrons. The van der Waals surface area contributed by atoms with Gasteiger partial charge in [-0.05, 0) is 0 Å². The second kappa shape index (κ2) is 8.69. The summed E-state index contributed by atoms with van der Waals surface area (Å²) in [4.78, 5) is 0. The molecule has 0 nitrogen and oxygen atoms in total. The molecule has 0 aliphatic rings. The van der Waals surface area contributed by atoms with Crippen LogP contribution in [-0.2, 0) is 5.41 Å². The Morgan fingerprint density at radius 2 is 2.06 bits per heavy atom. The van der Waals surface area contributed by atoms with E-state index in [0.29, 0.717) is 0 Å². The molecule has 0 aliphatic heterocycles. The monoisotopic (exact) mass is 582 g/mol. The molecule has 4 heteroatoms. The summed E-state index contributed by atoms with van der Waals surface area (Å²) in [6, 6.07) is 7.33. The number of halogens is 3. The minimum atomic E-state index is 0.0617. The van der Waals surface area contributed by atoms with Gasteiger partial charge >= 0.3 is 149 Å². The molecule has 0 atom stereocenters. The summed E-state index contributed by atoms with van der Waals surface area (Å²) < 4.78 is 7.13. The van der Waals surface area contributed by atoms with Crippen LogP contribution in [-0.4, -0.2) is 7.42 Å². The van der Waals surface area contributed by atoms with Gasteiger partial charge in [0.1, 0.15) is 0 Å². The molecule has 0 amide bonds. The zero-order chi connectivity index (χ0) is 13.6. The predicted octanol–water partition coefficient (Wildman–Crippen LogP) is 1.88. The average molecular weight is 582 g/mol. The molecule has 0 fully saturated rings. The van der Waals surface area contributed by atoms with Crippen molar-refractivity contribution in [3.8, 4) is 0 Å². The first-order chi connectivity index (χ1) is 8.49. The van der Waals surface area contributed by atoms with Crippen molar-refractivity contribution in [2.45, 2.75) is 46.0 Å². The number of unbranched alkanes of at least 4 members (excludes halogenated alkanes) is 1. The molecule has 0 heterocycles. The van der Waals surface area contributed by atoms with E-state index in [2.05, 4.69) is 71.3 Å². The van der Waals surface area contributed by atoms with E-state index in [4.69, 9.17) is 0 Å². The van der Waals surface area contributed by atoms with Crippen LogP contribution in [0.15, 0.2) is 18.2 Å². The summed E-state index contributed by atoms with van der Waals surface area (Å²) in [7, 11) is 0. The summed E-state index contributed by atoms with van der Waals surface area (Å²) in [5.74, 6) is 0. The van der Waals surface area contributed by atoms with Crippen LogP contribution < -0.4 is 21.0 Å². The van der Waals surface area contributed by atoms with Crippen molar-refractivity contribution in [2.24, 2.45) is 0 Å². The zero-order valence-electron chi connectivity index (χ0n) is 11.6. The van der Waals surface area contributed by atoms with Crippen LogP contribution in [0.1, 0.15) is 46.1 Å². The van der Waals surface area contributed by atoms with Gasteiger partial charge in [-0.2, -0.15) is 0 Å². The third-order valence-electron chi connectivity index (χ3n) is 2.67. The van der Waals surface area contributed by atoms with Crippen molar-refractivity contribution in [2.75, 3.05) is 4.43 Å². The molecule has 0 bridgehead atoms. The first kappa shape index (κ1) is 17.5. The first-order valence-electron chi connectivity index (χ1n) is 6.31. The molecule has 0 saturated heterocycles. The number of alkyl halides is 1. The standard InChI is InChI=1S/C14H22BI3/c1-5-6-9-17-11-7-8-12(14(2,3)4)13(10-11)18-15-16/h7-8,10,17H,5-6,9H2,1-4H3/q-1. The third-order valence-corrected chi connectivity index (χ3v) is 9.13. The van der Waals surface area contributed by atoms with Gasteiger partial charge in [-0.1, -0.05) is 0 Å². The zero-order valence-corrected chi connectivity index (χ0v) is 18.2. The topological polar surface area (TPSA) is 0 Å². The molecule has 0 N–H and O–H groups in total. The number of hydrogen-bond acceptors (Lipinski definition) is 0. The maximum atomic E-state index is 2.53. The van der Waals surface area contributed by atoms with E-state index >= 15 is 0 Å². The van der Waals surface area contributed by atoms with Crippen LogP contribution in [0.3, 0.4) is 0 Å². The first-order valence-corrected chi connectivity index (χ1v) is 12.7. The van der Waals surface area contributed by atoms with Gasteiger partial charge in [0.2, 0.25) is 0 Å². The van der Waals surface area contributed by atoms with E-state index < -0.39 is 0 Å². The maximum absolute atomic E-state index is 2.53. The van der Waals surface area contributed by atoms with E-state index in [1.54, 1.807) is 12.7 Å². The Labute approximate surface area is 147 Å². The normalized spacial score (nSPS) is 12.1. The predicted molar refractivity (Wildman–Crippen MR) is 97.5 cm³/mol. The van der Waals surface area contributed by atoms with Crippen LogP contribution in [0.4, 0.5) is 0 Å². The second-order valence-electron chi connectivity index (χ2n) is 5.29. The molecule has 1 rings (SSSR count). The number of rotatable bonds is 6. The molecule has 0 aliphatic carbocycles. The molecular weight excluding hydrogens is 560 g/mol. The average Bonchev–Trinajstić information content (AvgIpc) is 2.28. The summed E-state index contributed by atoms with van der Waals surface area (Å²) in [6.45, 7) is 9.28. The van der Waals surface area contributed by atoms with Crippen LogP contribution in [0.25, 0.3) is 0 Å². The molecular formula is C14H22BI3-. The van der Waals surface area contributed by atoms with Crippen molar-refractivity contribution in [3.63, 3.8) is 0 Å². The van der Waals surface area contributed by atoms with Gasteiger partial charge in [-0.15, -0.1) is 0 Å². The quantitative estimate of drug-likeness (QED) is 0.208. The van der Waals surface area contributed by atoms with E-state index in [-0.39, 0.29) is 47.6 Å². The Hall–Kier alpha value is 1.47. The molecule has 18 heavy (non-hydrogen) atoms.